The largest absolute Gasteiger partial charge is 0.398 e. The van der Waals surface area contributed by atoms with Crippen LogP contribution in [0.15, 0.2) is 60.8 Å². The fraction of sp³-hybridized carbons (Fsp3) is 0. The van der Waals surface area contributed by atoms with Crippen molar-refractivity contribution in [2.75, 3.05) is 5.73 Å². The van der Waals surface area contributed by atoms with E-state index in [-0.39, 0.29) is 0 Å². The van der Waals surface area contributed by atoms with E-state index >= 15 is 0 Å². The number of allylic oxidation sites excluding steroid dienone is 2. The van der Waals surface area contributed by atoms with Gasteiger partial charge in [0.15, 0.2) is 0 Å². The lowest BCUT2D eigenvalue weighted by Gasteiger charge is -1.93. The monoisotopic (exact) mass is 244 g/mol. The summed E-state index contributed by atoms with van der Waals surface area (Å²) in [6.07, 6.45) is 5.11. The SMILES string of the molecule is Nc1ccccc1C#C/C=C\C#Cc1ccccn1. The number of aromatic nitrogens is 1. The van der Waals surface area contributed by atoms with Crippen molar-refractivity contribution in [3.8, 4) is 23.7 Å². The Bertz CT molecular complexity index is 693. The summed E-state index contributed by atoms with van der Waals surface area (Å²) in [5, 5.41) is 0. The minimum absolute atomic E-state index is 0.683. The van der Waals surface area contributed by atoms with Crippen LogP contribution in [0.1, 0.15) is 11.3 Å². The Hall–Kier alpha value is -2.97. The summed E-state index contributed by atoms with van der Waals surface area (Å²) < 4.78 is 0. The fourth-order valence-electron chi connectivity index (χ4n) is 1.37. The Morgan fingerprint density at radius 3 is 2.37 bits per heavy atom. The maximum absolute atomic E-state index is 5.77. The summed E-state index contributed by atoms with van der Waals surface area (Å²) in [6.45, 7) is 0. The van der Waals surface area contributed by atoms with Gasteiger partial charge in [-0.25, -0.2) is 4.98 Å². The smallest absolute Gasteiger partial charge is 0.113 e. The van der Waals surface area contributed by atoms with E-state index in [1.165, 1.54) is 0 Å². The Labute approximate surface area is 113 Å². The van der Waals surface area contributed by atoms with Gasteiger partial charge in [-0.3, -0.25) is 0 Å². The summed E-state index contributed by atoms with van der Waals surface area (Å²) >= 11 is 0. The zero-order chi connectivity index (χ0) is 13.3. The number of hydrogen-bond donors (Lipinski definition) is 1. The molecule has 0 bridgehead atoms. The first-order chi connectivity index (χ1) is 9.36. The van der Waals surface area contributed by atoms with Crippen molar-refractivity contribution in [1.29, 1.82) is 0 Å². The second kappa shape index (κ2) is 6.69. The van der Waals surface area contributed by atoms with Crippen LogP contribution >= 0.6 is 0 Å². The van der Waals surface area contributed by atoms with Crippen molar-refractivity contribution in [2.24, 2.45) is 0 Å². The molecule has 2 N–H and O–H groups in total. The average molecular weight is 244 g/mol. The third-order valence-corrected chi connectivity index (χ3v) is 2.28. The van der Waals surface area contributed by atoms with E-state index in [4.69, 9.17) is 5.73 Å². The molecule has 19 heavy (non-hydrogen) atoms. The first kappa shape index (κ1) is 12.5. The summed E-state index contributed by atoms with van der Waals surface area (Å²) in [6, 6.07) is 13.1. The van der Waals surface area contributed by atoms with Crippen LogP contribution in [0.3, 0.4) is 0 Å². The van der Waals surface area contributed by atoms with Crippen molar-refractivity contribution in [3.05, 3.63) is 72.1 Å². The van der Waals surface area contributed by atoms with Crippen LogP contribution in [0.2, 0.25) is 0 Å². The van der Waals surface area contributed by atoms with Gasteiger partial charge in [0.05, 0.1) is 0 Å². The predicted molar refractivity (Wildman–Crippen MR) is 78.0 cm³/mol. The number of hydrogen-bond acceptors (Lipinski definition) is 2. The zero-order valence-electron chi connectivity index (χ0n) is 10.3. The van der Waals surface area contributed by atoms with Gasteiger partial charge in [0.2, 0.25) is 0 Å². The van der Waals surface area contributed by atoms with Crippen LogP contribution in [0.25, 0.3) is 0 Å². The molecule has 0 unspecified atom stereocenters. The molecule has 2 nitrogen and oxygen atoms in total. The quantitative estimate of drug-likeness (QED) is 0.571. The van der Waals surface area contributed by atoms with E-state index in [1.54, 1.807) is 18.3 Å². The molecule has 0 fully saturated rings. The van der Waals surface area contributed by atoms with E-state index in [9.17, 15) is 0 Å². The van der Waals surface area contributed by atoms with Crippen molar-refractivity contribution < 1.29 is 0 Å². The van der Waals surface area contributed by atoms with E-state index in [0.29, 0.717) is 5.69 Å². The normalized spacial score (nSPS) is 9.26. The summed E-state index contributed by atoms with van der Waals surface area (Å²) in [4.78, 5) is 4.10. The minimum Gasteiger partial charge on any atom is -0.398 e. The molecule has 2 aromatic rings. The fourth-order valence-corrected chi connectivity index (χ4v) is 1.37. The van der Waals surface area contributed by atoms with Gasteiger partial charge in [-0.05, 0) is 42.3 Å². The third-order valence-electron chi connectivity index (χ3n) is 2.28. The highest BCUT2D eigenvalue weighted by Crippen LogP contribution is 2.07. The number of nitrogens with zero attached hydrogens (tertiary/aromatic N) is 1. The van der Waals surface area contributed by atoms with Gasteiger partial charge in [0.1, 0.15) is 5.69 Å². The van der Waals surface area contributed by atoms with Crippen molar-refractivity contribution >= 4 is 5.69 Å². The molecule has 0 atom stereocenters. The Morgan fingerprint density at radius 1 is 0.895 bits per heavy atom. The van der Waals surface area contributed by atoms with Gasteiger partial charge in [0, 0.05) is 17.4 Å². The molecule has 0 aliphatic heterocycles. The lowest BCUT2D eigenvalue weighted by Crippen LogP contribution is -1.87. The lowest BCUT2D eigenvalue weighted by atomic mass is 10.2. The molecule has 0 aliphatic carbocycles. The molecule has 0 saturated carbocycles. The van der Waals surface area contributed by atoms with Crippen LogP contribution in [-0.4, -0.2) is 4.98 Å². The average Bonchev–Trinajstić information content (AvgIpc) is 2.45. The lowest BCUT2D eigenvalue weighted by molar-refractivity contribution is 1.29. The molecule has 0 radical (unpaired) electrons. The minimum atomic E-state index is 0.683. The Balaban J connectivity index is 1.99. The first-order valence-electron chi connectivity index (χ1n) is 5.80. The highest BCUT2D eigenvalue weighted by molar-refractivity contribution is 5.56. The maximum atomic E-state index is 5.77. The van der Waals surface area contributed by atoms with E-state index in [0.717, 1.165) is 11.3 Å². The topological polar surface area (TPSA) is 38.9 Å². The molecular weight excluding hydrogens is 232 g/mol. The van der Waals surface area contributed by atoms with Gasteiger partial charge < -0.3 is 5.73 Å². The van der Waals surface area contributed by atoms with Gasteiger partial charge in [-0.1, -0.05) is 36.0 Å². The number of nitrogens with two attached hydrogens (primary N) is 1. The molecule has 2 rings (SSSR count). The first-order valence-corrected chi connectivity index (χ1v) is 5.80. The molecule has 0 saturated heterocycles. The number of pyridine rings is 1. The van der Waals surface area contributed by atoms with Crippen LogP contribution in [0.5, 0.6) is 0 Å². The third kappa shape index (κ3) is 4.07. The molecule has 1 aromatic carbocycles. The number of nitrogen functional groups attached to an aromatic ring is 1. The van der Waals surface area contributed by atoms with Crippen LogP contribution in [-0.2, 0) is 0 Å². The van der Waals surface area contributed by atoms with Crippen molar-refractivity contribution in [2.45, 2.75) is 0 Å². The number of para-hydroxylation sites is 1. The molecule has 1 heterocycles. The molecular formula is C17H12N2. The highest BCUT2D eigenvalue weighted by atomic mass is 14.6. The standard InChI is InChI=1S/C17H12N2/c18-17-13-6-5-10-15(17)9-3-1-2-4-11-16-12-7-8-14-19-16/h1-2,5-8,10,12-14H,18H2/b2-1-. The molecule has 0 spiro atoms. The number of anilines is 1. The van der Waals surface area contributed by atoms with E-state index in [2.05, 4.69) is 28.7 Å². The second-order valence-electron chi connectivity index (χ2n) is 3.67. The van der Waals surface area contributed by atoms with Gasteiger partial charge in [-0.15, -0.1) is 0 Å². The zero-order valence-corrected chi connectivity index (χ0v) is 10.3. The summed E-state index contributed by atoms with van der Waals surface area (Å²) in [5.41, 5.74) is 8.02. The number of rotatable bonds is 0. The van der Waals surface area contributed by atoms with Crippen LogP contribution in [0, 0.1) is 23.7 Å². The molecule has 0 amide bonds. The number of benzene rings is 1. The summed E-state index contributed by atoms with van der Waals surface area (Å²) in [5.74, 6) is 11.7. The highest BCUT2D eigenvalue weighted by Gasteiger charge is 1.89. The van der Waals surface area contributed by atoms with Crippen LogP contribution < -0.4 is 5.73 Å². The molecule has 90 valence electrons. The van der Waals surface area contributed by atoms with Crippen molar-refractivity contribution in [1.82, 2.24) is 4.98 Å². The van der Waals surface area contributed by atoms with Crippen molar-refractivity contribution in [3.63, 3.8) is 0 Å². The summed E-state index contributed by atoms with van der Waals surface area (Å²) in [7, 11) is 0. The predicted octanol–water partition coefficient (Wildman–Crippen LogP) is 2.62. The molecule has 0 aliphatic rings. The van der Waals surface area contributed by atoms with Gasteiger partial charge in [0.25, 0.3) is 0 Å². The second-order valence-corrected chi connectivity index (χ2v) is 3.67. The van der Waals surface area contributed by atoms with E-state index in [1.807, 2.05) is 42.5 Å². The van der Waals surface area contributed by atoms with Gasteiger partial charge in [-0.2, -0.15) is 0 Å². The molecule has 2 heteroatoms. The maximum Gasteiger partial charge on any atom is 0.113 e. The Morgan fingerprint density at radius 2 is 1.63 bits per heavy atom. The van der Waals surface area contributed by atoms with Crippen LogP contribution in [0.4, 0.5) is 5.69 Å². The van der Waals surface area contributed by atoms with Gasteiger partial charge >= 0.3 is 0 Å². The van der Waals surface area contributed by atoms with E-state index < -0.39 is 0 Å². The molecule has 1 aromatic heterocycles. The Kier molecular flexibility index (Phi) is 4.40.